The minimum Gasteiger partial charge on any atom is -0.386 e. The second-order valence-electron chi connectivity index (χ2n) is 18.0. The smallest absolute Gasteiger partial charge is 0.187 e. The maximum atomic E-state index is 15.0. The zero-order valence-electron chi connectivity index (χ0n) is 37.5. The van der Waals surface area contributed by atoms with Crippen molar-refractivity contribution in [1.82, 2.24) is 19.9 Å². The first-order valence-corrected chi connectivity index (χ1v) is 24.6. The number of nitrogens with zero attached hydrogens (tertiary/aromatic N) is 10. The molecule has 0 spiro atoms. The maximum absolute atomic E-state index is 15.0. The predicted molar refractivity (Wildman–Crippen MR) is 246 cm³/mol. The molecule has 4 N–H and O–H groups in total. The minimum atomic E-state index is -2.79. The largest absolute Gasteiger partial charge is 0.386 e. The Labute approximate surface area is 382 Å². The molecule has 0 aromatic carbocycles. The Kier molecular flexibility index (Phi) is 12.6. The second-order valence-corrected chi connectivity index (χ2v) is 23.4. The summed E-state index contributed by atoms with van der Waals surface area (Å²) in [6.07, 6.45) is 5.22. The van der Waals surface area contributed by atoms with E-state index in [0.717, 1.165) is 12.8 Å². The van der Waals surface area contributed by atoms with Crippen LogP contribution < -0.4 is 11.5 Å². The molecule has 0 radical (unpaired) electrons. The van der Waals surface area contributed by atoms with Crippen LogP contribution in [0.5, 0.6) is 0 Å². The van der Waals surface area contributed by atoms with Crippen molar-refractivity contribution >= 4 is 42.7 Å². The Hall–Kier alpha value is -6.38. The van der Waals surface area contributed by atoms with Crippen molar-refractivity contribution in [3.05, 3.63) is 117 Å². The third kappa shape index (κ3) is 8.48. The Bertz CT molecular complexity index is 2920. The van der Waals surface area contributed by atoms with Gasteiger partial charge in [-0.3, -0.25) is 39.5 Å². The lowest BCUT2D eigenvalue weighted by atomic mass is 9.96. The highest BCUT2D eigenvalue weighted by Gasteiger charge is 2.53. The summed E-state index contributed by atoms with van der Waals surface area (Å²) in [7, 11) is -5.57. The molecule has 0 aliphatic carbocycles. The van der Waals surface area contributed by atoms with Crippen LogP contribution in [-0.4, -0.2) is 85.7 Å². The van der Waals surface area contributed by atoms with Gasteiger partial charge in [-0.05, 0) is 115 Å². The van der Waals surface area contributed by atoms with Gasteiger partial charge in [0.1, 0.15) is 78.8 Å². The SMILES string of the molecule is Cc1cc(C#N)cnc1C(=O)Cc1ccc(F)c([C@]2(C)C[S@@]3(=O)=NCCC[C@@]3(C)C(N)=N2)n1.Cc1cc(C#N)cnc1C(=O)Cc1ccc(F)c([C@]2(C)C[S@]3(=O)=NCCC[C@]3(C)C(N)=N2)n1. The van der Waals surface area contributed by atoms with Crippen molar-refractivity contribution in [2.75, 3.05) is 24.6 Å². The number of fused-ring (bicyclic) bond motifs is 2. The number of rotatable bonds is 8. The van der Waals surface area contributed by atoms with E-state index in [0.29, 0.717) is 59.6 Å². The van der Waals surface area contributed by atoms with Crippen molar-refractivity contribution in [3.8, 4) is 12.1 Å². The van der Waals surface area contributed by atoms with Gasteiger partial charge in [0, 0.05) is 36.9 Å². The lowest BCUT2D eigenvalue weighted by Gasteiger charge is -2.43. The predicted octanol–water partition coefficient (Wildman–Crippen LogP) is 5.66. The number of halogens is 2. The number of nitriles is 2. The van der Waals surface area contributed by atoms with E-state index in [1.54, 1.807) is 39.8 Å². The van der Waals surface area contributed by atoms with Gasteiger partial charge in [-0.2, -0.15) is 10.5 Å². The molecule has 0 fully saturated rings. The van der Waals surface area contributed by atoms with E-state index in [1.165, 1.54) is 36.7 Å². The molecule has 8 heterocycles. The Morgan fingerprint density at radius 3 is 1.41 bits per heavy atom. The van der Waals surface area contributed by atoms with Crippen LogP contribution in [0, 0.1) is 48.1 Å². The molecule has 344 valence electrons. The summed E-state index contributed by atoms with van der Waals surface area (Å²) in [5.74, 6) is -1.42. The minimum absolute atomic E-state index is 0.00851. The summed E-state index contributed by atoms with van der Waals surface area (Å²) in [4.78, 5) is 51.9. The molecule has 0 amide bonds. The zero-order chi connectivity index (χ0) is 48.0. The van der Waals surface area contributed by atoms with Crippen molar-refractivity contribution in [3.63, 3.8) is 0 Å². The zero-order valence-corrected chi connectivity index (χ0v) is 39.2. The monoisotopic (exact) mass is 936 g/mol. The molecule has 0 saturated carbocycles. The summed E-state index contributed by atoms with van der Waals surface area (Å²) >= 11 is 0. The average Bonchev–Trinajstić information content (AvgIpc) is 3.26. The van der Waals surface area contributed by atoms with Crippen LogP contribution in [0.25, 0.3) is 0 Å². The van der Waals surface area contributed by atoms with Crippen LogP contribution >= 0.6 is 0 Å². The number of hydrogen-bond acceptors (Lipinski definition) is 16. The van der Waals surface area contributed by atoms with Gasteiger partial charge in [0.05, 0.1) is 54.9 Å². The number of carbonyl (C=O) groups excluding carboxylic acids is 2. The number of carbonyl (C=O) groups is 2. The highest BCUT2D eigenvalue weighted by atomic mass is 32.2. The maximum Gasteiger partial charge on any atom is 0.187 e. The standard InChI is InChI=1S/2C23H25FN6O2S/c2*1-14-9-15(11-25)12-27-19(14)18(31)10-16-5-6-17(24)20(29-16)22(2)13-33(32)23(3,21(26)30-22)7-4-8-28-33/h2*5-6,9,12H,4,7-8,10,13H2,1-3H3,(H2,26,30)/t22-,23+,33+;22-,23-,33-/m00/s1. The number of ketones is 2. The summed E-state index contributed by atoms with van der Waals surface area (Å²) in [5.41, 5.74) is 13.0. The first-order chi connectivity index (χ1) is 31.0. The Morgan fingerprint density at radius 1 is 0.682 bits per heavy atom. The number of aliphatic imine (C=N–C) groups is 2. The van der Waals surface area contributed by atoms with Gasteiger partial charge in [-0.15, -0.1) is 0 Å². The van der Waals surface area contributed by atoms with E-state index in [2.05, 4.69) is 38.6 Å². The second kappa shape index (κ2) is 17.4. The summed E-state index contributed by atoms with van der Waals surface area (Å²) < 4.78 is 64.7. The van der Waals surface area contributed by atoms with Gasteiger partial charge in [0.2, 0.25) is 0 Å². The molecule has 66 heavy (non-hydrogen) atoms. The number of amidine groups is 2. The van der Waals surface area contributed by atoms with Gasteiger partial charge in [-0.1, -0.05) is 0 Å². The van der Waals surface area contributed by atoms with Crippen LogP contribution in [0.4, 0.5) is 8.78 Å². The molecule has 0 bridgehead atoms. The van der Waals surface area contributed by atoms with E-state index in [-0.39, 0.29) is 70.4 Å². The fourth-order valence-electron chi connectivity index (χ4n) is 8.96. The quantitative estimate of drug-likeness (QED) is 0.203. The normalized spacial score (nSPS) is 28.8. The van der Waals surface area contributed by atoms with Gasteiger partial charge in [0.15, 0.2) is 11.6 Å². The van der Waals surface area contributed by atoms with Crippen molar-refractivity contribution < 1.29 is 26.8 Å². The molecule has 0 unspecified atom stereocenters. The first-order valence-electron chi connectivity index (χ1n) is 21.3. The van der Waals surface area contributed by atoms with E-state index in [4.69, 9.17) is 22.0 Å². The third-order valence-corrected chi connectivity index (χ3v) is 19.6. The molecular weight excluding hydrogens is 887 g/mol. The molecule has 8 rings (SSSR count). The van der Waals surface area contributed by atoms with Crippen LogP contribution in [0.15, 0.2) is 67.5 Å². The van der Waals surface area contributed by atoms with Crippen molar-refractivity contribution in [2.24, 2.45) is 30.2 Å². The van der Waals surface area contributed by atoms with E-state index < -0.39 is 51.7 Å². The Balaban J connectivity index is 0.000000196. The van der Waals surface area contributed by atoms with Crippen LogP contribution in [0.1, 0.15) is 119 Å². The highest BCUT2D eigenvalue weighted by molar-refractivity contribution is 7.96. The number of aromatic nitrogens is 4. The summed E-state index contributed by atoms with van der Waals surface area (Å²) in [6, 6.07) is 12.5. The summed E-state index contributed by atoms with van der Waals surface area (Å²) in [6.45, 7) is 11.3. The van der Waals surface area contributed by atoms with Crippen LogP contribution in [0.3, 0.4) is 0 Å². The molecule has 20 heteroatoms. The van der Waals surface area contributed by atoms with Crippen LogP contribution in [0.2, 0.25) is 0 Å². The van der Waals surface area contributed by atoms with Gasteiger partial charge < -0.3 is 11.5 Å². The van der Waals surface area contributed by atoms with E-state index >= 15 is 0 Å². The van der Waals surface area contributed by atoms with Crippen molar-refractivity contribution in [1.29, 1.82) is 10.5 Å². The van der Waals surface area contributed by atoms with Gasteiger partial charge in [0.25, 0.3) is 0 Å². The van der Waals surface area contributed by atoms with Gasteiger partial charge in [-0.25, -0.2) is 25.9 Å². The molecule has 0 saturated heterocycles. The van der Waals surface area contributed by atoms with E-state index in [9.17, 15) is 26.8 Å². The topological polar surface area (TPSA) is 269 Å². The number of aryl methyl sites for hydroxylation is 2. The number of hydrogen-bond donors (Lipinski definition) is 2. The average molecular weight is 937 g/mol. The van der Waals surface area contributed by atoms with Crippen molar-refractivity contribution in [2.45, 2.75) is 101 Å². The molecule has 4 aliphatic heterocycles. The molecule has 6 atom stereocenters. The van der Waals surface area contributed by atoms with Crippen LogP contribution in [-0.2, 0) is 43.4 Å². The molecule has 4 aromatic heterocycles. The Morgan fingerprint density at radius 2 is 1.06 bits per heavy atom. The first kappa shape index (κ1) is 47.6. The molecule has 4 aromatic rings. The lowest BCUT2D eigenvalue weighted by Crippen LogP contribution is -2.57. The summed E-state index contributed by atoms with van der Waals surface area (Å²) in [5, 5.41) is 18.0. The fraction of sp³-hybridized carbons (Fsp3) is 0.435. The lowest BCUT2D eigenvalue weighted by molar-refractivity contribution is 0.0978. The fourth-order valence-corrected chi connectivity index (χ4v) is 14.8. The highest BCUT2D eigenvalue weighted by Crippen LogP contribution is 2.43. The van der Waals surface area contributed by atoms with E-state index in [1.807, 2.05) is 26.0 Å². The number of pyridine rings is 4. The molecule has 4 aliphatic rings. The van der Waals surface area contributed by atoms with Gasteiger partial charge >= 0.3 is 0 Å². The molecular formula is C46H50F2N12O4S2. The number of Topliss-reactive ketones (excluding diaryl/α,β-unsaturated/α-hetero) is 2. The third-order valence-electron chi connectivity index (χ3n) is 12.9. The molecule has 16 nitrogen and oxygen atoms in total. The number of nitrogens with two attached hydrogens (primary N) is 2.